The topological polar surface area (TPSA) is 126 Å². The van der Waals surface area contributed by atoms with Gasteiger partial charge >= 0.3 is 0 Å². The molecule has 2 aromatic rings. The van der Waals surface area contributed by atoms with Gasteiger partial charge in [0.25, 0.3) is 0 Å². The normalized spacial score (nSPS) is 21.7. The Kier molecular flexibility index (Phi) is 9.68. The Labute approximate surface area is 224 Å². The van der Waals surface area contributed by atoms with Gasteiger partial charge < -0.3 is 25.0 Å². The predicted octanol–water partition coefficient (Wildman–Crippen LogP) is 1.97. The lowest BCUT2D eigenvalue weighted by molar-refractivity contribution is -0.134. The van der Waals surface area contributed by atoms with Crippen molar-refractivity contribution in [3.8, 4) is 5.75 Å². The van der Waals surface area contributed by atoms with E-state index in [4.69, 9.17) is 4.74 Å². The standard InChI is InChI=1S/C27H41N7O4/c1-19-13-34(20(2)17-35)27(37)12-22-11-23(29-26(36)16-33-18-28-30-31-33)9-10-24(22)38-25(19)15-32(3)14-21-7-5-4-6-8-21/h9-11,18-21,25,35H,4-8,12-17H2,1-3H3,(H,29,36)/t19-,20+,25-/m0/s1. The third kappa shape index (κ3) is 7.50. The van der Waals surface area contributed by atoms with Crippen LogP contribution in [0.25, 0.3) is 0 Å². The van der Waals surface area contributed by atoms with E-state index in [0.29, 0.717) is 23.5 Å². The largest absolute Gasteiger partial charge is 0.488 e. The zero-order valence-electron chi connectivity index (χ0n) is 22.8. The molecule has 2 amide bonds. The average molecular weight is 528 g/mol. The number of anilines is 1. The van der Waals surface area contributed by atoms with E-state index in [1.54, 1.807) is 17.0 Å². The Hall–Kier alpha value is -3.05. The number of carbonyl (C=O) groups excluding carboxylic acids is 2. The molecule has 2 N–H and O–H groups in total. The number of amides is 2. The van der Waals surface area contributed by atoms with Gasteiger partial charge in [0.1, 0.15) is 24.7 Å². The van der Waals surface area contributed by atoms with E-state index in [1.165, 1.54) is 43.1 Å². The fourth-order valence-corrected chi connectivity index (χ4v) is 5.52. The number of aliphatic hydroxyl groups is 1. The van der Waals surface area contributed by atoms with Crippen molar-refractivity contribution in [1.29, 1.82) is 0 Å². The Morgan fingerprint density at radius 3 is 2.76 bits per heavy atom. The number of nitrogens with zero attached hydrogens (tertiary/aromatic N) is 6. The number of hydrogen-bond donors (Lipinski definition) is 2. The lowest BCUT2D eigenvalue weighted by Gasteiger charge is -2.35. The maximum Gasteiger partial charge on any atom is 0.246 e. The van der Waals surface area contributed by atoms with Gasteiger partial charge in [-0.25, -0.2) is 4.68 Å². The Morgan fingerprint density at radius 2 is 2.05 bits per heavy atom. The first-order valence-corrected chi connectivity index (χ1v) is 13.7. The Bertz CT molecular complexity index is 1060. The van der Waals surface area contributed by atoms with Crippen LogP contribution in [0.1, 0.15) is 51.5 Å². The van der Waals surface area contributed by atoms with Crippen molar-refractivity contribution in [3.63, 3.8) is 0 Å². The van der Waals surface area contributed by atoms with E-state index in [9.17, 15) is 14.7 Å². The van der Waals surface area contributed by atoms with E-state index in [2.05, 4.69) is 39.7 Å². The quantitative estimate of drug-likeness (QED) is 0.507. The molecule has 1 aromatic carbocycles. The molecule has 0 radical (unpaired) electrons. The van der Waals surface area contributed by atoms with E-state index < -0.39 is 0 Å². The minimum Gasteiger partial charge on any atom is -0.488 e. The number of aliphatic hydroxyl groups excluding tert-OH is 1. The number of ether oxygens (including phenoxy) is 1. The SMILES string of the molecule is C[C@H](CO)N1C[C@H](C)[C@H](CN(C)CC2CCCCC2)Oc2ccc(NC(=O)Cn3cnnn3)cc2CC1=O. The third-order valence-electron chi connectivity index (χ3n) is 7.68. The minimum atomic E-state index is -0.300. The van der Waals surface area contributed by atoms with E-state index in [-0.39, 0.29) is 49.5 Å². The van der Waals surface area contributed by atoms with Crippen LogP contribution in [0.15, 0.2) is 24.5 Å². The average Bonchev–Trinajstić information content (AvgIpc) is 3.41. The van der Waals surface area contributed by atoms with Crippen molar-refractivity contribution in [1.82, 2.24) is 30.0 Å². The van der Waals surface area contributed by atoms with Gasteiger partial charge in [-0.05, 0) is 61.4 Å². The summed E-state index contributed by atoms with van der Waals surface area (Å²) in [6, 6.07) is 5.12. The fraction of sp³-hybridized carbons (Fsp3) is 0.667. The maximum atomic E-state index is 13.4. The molecule has 3 atom stereocenters. The first kappa shape index (κ1) is 28.0. The third-order valence-corrected chi connectivity index (χ3v) is 7.68. The zero-order chi connectivity index (χ0) is 27.1. The Morgan fingerprint density at radius 1 is 1.26 bits per heavy atom. The first-order chi connectivity index (χ1) is 18.3. The van der Waals surface area contributed by atoms with Crippen molar-refractivity contribution in [2.24, 2.45) is 11.8 Å². The van der Waals surface area contributed by atoms with Crippen LogP contribution >= 0.6 is 0 Å². The van der Waals surface area contributed by atoms with Crippen LogP contribution in [0.3, 0.4) is 0 Å². The van der Waals surface area contributed by atoms with Crippen LogP contribution < -0.4 is 10.1 Å². The van der Waals surface area contributed by atoms with Crippen molar-refractivity contribution >= 4 is 17.5 Å². The summed E-state index contributed by atoms with van der Waals surface area (Å²) in [6.45, 7) is 6.15. The molecule has 11 heteroatoms. The number of benzene rings is 1. The molecule has 1 aliphatic carbocycles. The van der Waals surface area contributed by atoms with Crippen molar-refractivity contribution in [2.75, 3.05) is 38.6 Å². The molecule has 38 heavy (non-hydrogen) atoms. The summed E-state index contributed by atoms with van der Waals surface area (Å²) in [6.07, 6.45) is 7.89. The van der Waals surface area contributed by atoms with Gasteiger partial charge in [0.05, 0.1) is 19.1 Å². The summed E-state index contributed by atoms with van der Waals surface area (Å²) in [5.74, 6) is 1.08. The number of hydrogen-bond acceptors (Lipinski definition) is 8. The summed E-state index contributed by atoms with van der Waals surface area (Å²) >= 11 is 0. The fourth-order valence-electron chi connectivity index (χ4n) is 5.52. The van der Waals surface area contributed by atoms with Crippen molar-refractivity contribution in [3.05, 3.63) is 30.1 Å². The molecule has 4 rings (SSSR count). The van der Waals surface area contributed by atoms with Crippen LogP contribution in [-0.4, -0.2) is 92.4 Å². The number of aromatic nitrogens is 4. The predicted molar refractivity (Wildman–Crippen MR) is 143 cm³/mol. The molecule has 208 valence electrons. The molecular formula is C27H41N7O4. The lowest BCUT2D eigenvalue weighted by atomic mass is 9.89. The summed E-state index contributed by atoms with van der Waals surface area (Å²) in [5.41, 5.74) is 1.28. The van der Waals surface area contributed by atoms with E-state index >= 15 is 0 Å². The van der Waals surface area contributed by atoms with Crippen LogP contribution in [0, 0.1) is 11.8 Å². The highest BCUT2D eigenvalue weighted by Gasteiger charge is 2.31. The number of fused-ring (bicyclic) bond motifs is 1. The molecule has 1 aliphatic heterocycles. The number of carbonyl (C=O) groups is 2. The highest BCUT2D eigenvalue weighted by Crippen LogP contribution is 2.30. The van der Waals surface area contributed by atoms with Crippen LogP contribution in [0.2, 0.25) is 0 Å². The summed E-state index contributed by atoms with van der Waals surface area (Å²) < 4.78 is 7.95. The van der Waals surface area contributed by atoms with Gasteiger partial charge in [-0.3, -0.25) is 9.59 Å². The highest BCUT2D eigenvalue weighted by atomic mass is 16.5. The first-order valence-electron chi connectivity index (χ1n) is 13.7. The molecule has 0 bridgehead atoms. The molecule has 1 aromatic heterocycles. The van der Waals surface area contributed by atoms with E-state index in [0.717, 1.165) is 19.0 Å². The van der Waals surface area contributed by atoms with Gasteiger partial charge in [0.15, 0.2) is 0 Å². The zero-order valence-corrected chi connectivity index (χ0v) is 22.8. The smallest absolute Gasteiger partial charge is 0.246 e. The molecule has 0 spiro atoms. The minimum absolute atomic E-state index is 0.0196. The molecule has 2 heterocycles. The number of rotatable bonds is 9. The second kappa shape index (κ2) is 13.1. The number of likely N-dealkylation sites (N-methyl/N-ethyl adjacent to an activating group) is 1. The number of tetrazole rings is 1. The second-order valence-electron chi connectivity index (χ2n) is 11.0. The molecular weight excluding hydrogens is 486 g/mol. The van der Waals surface area contributed by atoms with Gasteiger partial charge in [-0.15, -0.1) is 5.10 Å². The lowest BCUT2D eigenvalue weighted by Crippen LogP contribution is -2.48. The van der Waals surface area contributed by atoms with Gasteiger partial charge in [-0.1, -0.05) is 26.2 Å². The van der Waals surface area contributed by atoms with Crippen LogP contribution in [-0.2, 0) is 22.6 Å². The van der Waals surface area contributed by atoms with E-state index in [1.807, 2.05) is 13.0 Å². The van der Waals surface area contributed by atoms with Crippen molar-refractivity contribution in [2.45, 2.75) is 71.1 Å². The molecule has 0 saturated heterocycles. The second-order valence-corrected chi connectivity index (χ2v) is 11.0. The number of nitrogens with one attached hydrogen (secondary N) is 1. The molecule has 1 fully saturated rings. The van der Waals surface area contributed by atoms with Crippen LogP contribution in [0.5, 0.6) is 5.75 Å². The summed E-state index contributed by atoms with van der Waals surface area (Å²) in [5, 5.41) is 23.5. The molecule has 11 nitrogen and oxygen atoms in total. The summed E-state index contributed by atoms with van der Waals surface area (Å²) in [7, 11) is 2.15. The molecule has 2 aliphatic rings. The maximum absolute atomic E-state index is 13.4. The van der Waals surface area contributed by atoms with Gasteiger partial charge in [0, 0.05) is 36.8 Å². The van der Waals surface area contributed by atoms with Gasteiger partial charge in [-0.2, -0.15) is 0 Å². The van der Waals surface area contributed by atoms with Crippen molar-refractivity contribution < 1.29 is 19.4 Å². The van der Waals surface area contributed by atoms with Crippen LogP contribution in [0.4, 0.5) is 5.69 Å². The monoisotopic (exact) mass is 527 g/mol. The molecule has 1 saturated carbocycles. The van der Waals surface area contributed by atoms with Gasteiger partial charge in [0.2, 0.25) is 11.8 Å². The Balaban J connectivity index is 1.53. The summed E-state index contributed by atoms with van der Waals surface area (Å²) in [4.78, 5) is 30.0. The highest BCUT2D eigenvalue weighted by molar-refractivity contribution is 5.91. The molecule has 0 unspecified atom stereocenters.